The molecule has 1 aliphatic rings. The van der Waals surface area contributed by atoms with Gasteiger partial charge in [0.05, 0.1) is 12.6 Å². The van der Waals surface area contributed by atoms with Gasteiger partial charge in [0.2, 0.25) is 0 Å². The fourth-order valence-corrected chi connectivity index (χ4v) is 2.81. The number of benzene rings is 1. The van der Waals surface area contributed by atoms with Gasteiger partial charge in [0.15, 0.2) is 0 Å². The summed E-state index contributed by atoms with van der Waals surface area (Å²) in [5.74, 6) is -0.208. The zero-order chi connectivity index (χ0) is 14.7. The molecule has 1 atom stereocenters. The van der Waals surface area contributed by atoms with Gasteiger partial charge in [0, 0.05) is 37.8 Å². The number of carbonyl (C=O) groups excluding carboxylic acids is 1. The molecule has 3 rings (SSSR count). The molecule has 2 aromatic rings. The quantitative estimate of drug-likeness (QED) is 0.863. The molecule has 1 N–H and O–H groups in total. The van der Waals surface area contributed by atoms with Crippen LogP contribution in [0.15, 0.2) is 36.5 Å². The predicted octanol–water partition coefficient (Wildman–Crippen LogP) is 1.35. The van der Waals surface area contributed by atoms with Crippen molar-refractivity contribution in [3.05, 3.63) is 42.1 Å². The zero-order valence-electron chi connectivity index (χ0n) is 12.1. The summed E-state index contributed by atoms with van der Waals surface area (Å²) in [5.41, 5.74) is 1.90. The third-order valence-electron chi connectivity index (χ3n) is 3.88. The van der Waals surface area contributed by atoms with Gasteiger partial charge in [-0.3, -0.25) is 9.88 Å². The maximum absolute atomic E-state index is 12.2. The van der Waals surface area contributed by atoms with Crippen molar-refractivity contribution >= 4 is 16.9 Å². The highest BCUT2D eigenvalue weighted by Crippen LogP contribution is 2.25. The van der Waals surface area contributed by atoms with Crippen molar-refractivity contribution in [2.24, 2.45) is 0 Å². The number of piperazine rings is 1. The molecule has 0 bridgehead atoms. The fourth-order valence-electron chi connectivity index (χ4n) is 2.81. The van der Waals surface area contributed by atoms with Crippen molar-refractivity contribution in [2.75, 3.05) is 33.3 Å². The summed E-state index contributed by atoms with van der Waals surface area (Å²) in [6, 6.07) is 9.54. The Labute approximate surface area is 123 Å². The first-order valence-corrected chi connectivity index (χ1v) is 7.17. The van der Waals surface area contributed by atoms with E-state index in [4.69, 9.17) is 4.74 Å². The number of hydrogen-bond donors (Lipinski definition) is 1. The Kier molecular flexibility index (Phi) is 4.13. The van der Waals surface area contributed by atoms with Gasteiger partial charge in [-0.25, -0.2) is 4.79 Å². The normalized spacial score (nSPS) is 17.6. The second-order valence-electron chi connectivity index (χ2n) is 5.17. The molecule has 5 heteroatoms. The first-order valence-electron chi connectivity index (χ1n) is 7.17. The number of fused-ring (bicyclic) bond motifs is 1. The molecule has 0 saturated carbocycles. The van der Waals surface area contributed by atoms with Crippen molar-refractivity contribution in [1.29, 1.82) is 0 Å². The van der Waals surface area contributed by atoms with Crippen LogP contribution < -0.4 is 5.32 Å². The Hall–Kier alpha value is -1.98. The third kappa shape index (κ3) is 2.89. The number of methoxy groups -OCH3 is 1. The highest BCUT2D eigenvalue weighted by atomic mass is 16.5. The van der Waals surface area contributed by atoms with E-state index >= 15 is 0 Å². The molecular weight excluding hydrogens is 266 g/mol. The lowest BCUT2D eigenvalue weighted by molar-refractivity contribution is -0.147. The number of pyridine rings is 1. The standard InChI is InChI=1S/C16H19N3O2/c1-21-16(20)15(19-9-7-17-8-10-19)13-4-5-14-12(11-13)3-2-6-18-14/h2-6,11,15,17H,7-10H2,1H3. The summed E-state index contributed by atoms with van der Waals surface area (Å²) in [5, 5.41) is 4.34. The molecule has 0 spiro atoms. The second kappa shape index (κ2) is 6.20. The molecule has 1 aliphatic heterocycles. The lowest BCUT2D eigenvalue weighted by Crippen LogP contribution is -2.47. The molecule has 1 aromatic carbocycles. The summed E-state index contributed by atoms with van der Waals surface area (Å²) in [7, 11) is 1.44. The zero-order valence-corrected chi connectivity index (χ0v) is 12.1. The maximum atomic E-state index is 12.2. The van der Waals surface area contributed by atoms with E-state index in [1.54, 1.807) is 6.20 Å². The Bertz CT molecular complexity index is 638. The molecule has 1 unspecified atom stereocenters. The van der Waals surface area contributed by atoms with E-state index in [9.17, 15) is 4.79 Å². The van der Waals surface area contributed by atoms with E-state index in [1.165, 1.54) is 7.11 Å². The van der Waals surface area contributed by atoms with Crippen molar-refractivity contribution in [3.63, 3.8) is 0 Å². The van der Waals surface area contributed by atoms with Crippen molar-refractivity contribution < 1.29 is 9.53 Å². The monoisotopic (exact) mass is 285 g/mol. The van der Waals surface area contributed by atoms with Crippen LogP contribution in [-0.2, 0) is 9.53 Å². The minimum Gasteiger partial charge on any atom is -0.468 e. The minimum atomic E-state index is -0.346. The number of hydrogen-bond acceptors (Lipinski definition) is 5. The van der Waals surface area contributed by atoms with Crippen molar-refractivity contribution in [1.82, 2.24) is 15.2 Å². The van der Waals surface area contributed by atoms with Gasteiger partial charge in [0.25, 0.3) is 0 Å². The number of carbonyl (C=O) groups is 1. The average molecular weight is 285 g/mol. The Morgan fingerprint density at radius 3 is 2.90 bits per heavy atom. The molecule has 1 aromatic heterocycles. The van der Waals surface area contributed by atoms with E-state index in [1.807, 2.05) is 30.3 Å². The summed E-state index contributed by atoms with van der Waals surface area (Å²) in [6.45, 7) is 3.46. The van der Waals surface area contributed by atoms with Crippen molar-refractivity contribution in [2.45, 2.75) is 6.04 Å². The second-order valence-corrected chi connectivity index (χ2v) is 5.17. The first-order chi connectivity index (χ1) is 10.3. The number of nitrogens with one attached hydrogen (secondary N) is 1. The minimum absolute atomic E-state index is 0.208. The molecule has 5 nitrogen and oxygen atoms in total. The summed E-state index contributed by atoms with van der Waals surface area (Å²) >= 11 is 0. The van der Waals surface area contributed by atoms with E-state index in [0.717, 1.165) is 42.6 Å². The average Bonchev–Trinajstić information content (AvgIpc) is 2.56. The molecular formula is C16H19N3O2. The molecule has 0 aliphatic carbocycles. The Morgan fingerprint density at radius 1 is 1.33 bits per heavy atom. The Balaban J connectivity index is 1.98. The van der Waals surface area contributed by atoms with E-state index < -0.39 is 0 Å². The lowest BCUT2D eigenvalue weighted by atomic mass is 10.0. The van der Waals surface area contributed by atoms with Crippen LogP contribution in [-0.4, -0.2) is 49.1 Å². The van der Waals surface area contributed by atoms with Gasteiger partial charge < -0.3 is 10.1 Å². The third-order valence-corrected chi connectivity index (χ3v) is 3.88. The molecule has 21 heavy (non-hydrogen) atoms. The number of rotatable bonds is 3. The topological polar surface area (TPSA) is 54.5 Å². The van der Waals surface area contributed by atoms with Crippen LogP contribution in [0, 0.1) is 0 Å². The highest BCUT2D eigenvalue weighted by molar-refractivity contribution is 5.83. The van der Waals surface area contributed by atoms with Crippen LogP contribution in [0.1, 0.15) is 11.6 Å². The first kappa shape index (κ1) is 14.0. The van der Waals surface area contributed by atoms with Gasteiger partial charge in [-0.2, -0.15) is 0 Å². The van der Waals surface area contributed by atoms with Crippen LogP contribution in [0.2, 0.25) is 0 Å². The largest absolute Gasteiger partial charge is 0.468 e. The SMILES string of the molecule is COC(=O)C(c1ccc2ncccc2c1)N1CCNCC1. The van der Waals surface area contributed by atoms with Gasteiger partial charge in [-0.15, -0.1) is 0 Å². The van der Waals surface area contributed by atoms with E-state index in [0.29, 0.717) is 0 Å². The van der Waals surface area contributed by atoms with Gasteiger partial charge >= 0.3 is 5.97 Å². The molecule has 1 saturated heterocycles. The van der Waals surface area contributed by atoms with Gasteiger partial charge in [-0.05, 0) is 23.8 Å². The van der Waals surface area contributed by atoms with E-state index in [2.05, 4.69) is 15.2 Å². The number of aromatic nitrogens is 1. The van der Waals surface area contributed by atoms with E-state index in [-0.39, 0.29) is 12.0 Å². The molecule has 0 radical (unpaired) electrons. The van der Waals surface area contributed by atoms with Gasteiger partial charge in [-0.1, -0.05) is 12.1 Å². The van der Waals surface area contributed by atoms with Gasteiger partial charge in [0.1, 0.15) is 6.04 Å². The highest BCUT2D eigenvalue weighted by Gasteiger charge is 2.29. The predicted molar refractivity (Wildman–Crippen MR) is 80.9 cm³/mol. The lowest BCUT2D eigenvalue weighted by Gasteiger charge is -2.33. The number of nitrogens with zero attached hydrogens (tertiary/aromatic N) is 2. The smallest absolute Gasteiger partial charge is 0.327 e. The molecule has 1 fully saturated rings. The van der Waals surface area contributed by atoms with Crippen molar-refractivity contribution in [3.8, 4) is 0 Å². The number of ether oxygens (including phenoxy) is 1. The van der Waals surface area contributed by atoms with Crippen LogP contribution in [0.25, 0.3) is 10.9 Å². The number of esters is 1. The molecule has 110 valence electrons. The van der Waals surface area contributed by atoms with Crippen LogP contribution >= 0.6 is 0 Å². The van der Waals surface area contributed by atoms with Crippen LogP contribution in [0.3, 0.4) is 0 Å². The summed E-state index contributed by atoms with van der Waals surface area (Å²) in [6.07, 6.45) is 1.77. The van der Waals surface area contributed by atoms with Crippen LogP contribution in [0.5, 0.6) is 0 Å². The summed E-state index contributed by atoms with van der Waals surface area (Å²) < 4.78 is 5.02. The molecule has 2 heterocycles. The maximum Gasteiger partial charge on any atom is 0.327 e. The van der Waals surface area contributed by atoms with Crippen LogP contribution in [0.4, 0.5) is 0 Å². The Morgan fingerprint density at radius 2 is 2.14 bits per heavy atom. The fraction of sp³-hybridized carbons (Fsp3) is 0.375. The molecule has 0 amide bonds. The summed E-state index contributed by atoms with van der Waals surface area (Å²) in [4.78, 5) is 18.7.